The highest BCUT2D eigenvalue weighted by Gasteiger charge is 2.12. The molecule has 0 aliphatic heterocycles. The van der Waals surface area contributed by atoms with E-state index in [4.69, 9.17) is 16.1 Å². The minimum absolute atomic E-state index is 0.150. The molecule has 84 valence electrons. The predicted molar refractivity (Wildman–Crippen MR) is 55.1 cm³/mol. The number of halogens is 1. The van der Waals surface area contributed by atoms with Crippen molar-refractivity contribution in [1.82, 2.24) is 25.7 Å². The molecule has 2 aromatic rings. The molecule has 0 aliphatic rings. The molecule has 0 saturated carbocycles. The van der Waals surface area contributed by atoms with Crippen LogP contribution in [0.15, 0.2) is 4.52 Å². The molecule has 0 bridgehead atoms. The Bertz CT molecular complexity index is 510. The van der Waals surface area contributed by atoms with Gasteiger partial charge in [-0.15, -0.1) is 10.2 Å². The fraction of sp³-hybridized carbons (Fsp3) is 0.286. The third kappa shape index (κ3) is 2.52. The topological polar surface area (TPSA) is 93.8 Å². The largest absolute Gasteiger partial charge is 0.341 e. The molecule has 16 heavy (non-hydrogen) atoms. The summed E-state index contributed by atoms with van der Waals surface area (Å²) in [4.78, 5) is 15.4. The Kier molecular flexibility index (Phi) is 3.11. The first-order valence-electron chi connectivity index (χ1n) is 4.21. The van der Waals surface area contributed by atoms with E-state index >= 15 is 0 Å². The second kappa shape index (κ2) is 4.54. The Balaban J connectivity index is 1.93. The second-order valence-corrected chi connectivity index (χ2v) is 4.34. The number of carbonyl (C=O) groups excluding carboxylic acids is 1. The monoisotopic (exact) mass is 259 g/mol. The fourth-order valence-corrected chi connectivity index (χ4v) is 1.69. The molecule has 0 fully saturated rings. The fourth-order valence-electron chi connectivity index (χ4n) is 0.940. The van der Waals surface area contributed by atoms with Crippen LogP contribution in [0.1, 0.15) is 21.5 Å². The average molecular weight is 260 g/mol. The standard InChI is InChI=1S/C7H6ClN5O2S/c1-3-10-4(15-13-3)2-9-5(14)6-11-12-7(8)16-6/h2H2,1H3,(H,9,14). The van der Waals surface area contributed by atoms with Crippen LogP contribution in [0.3, 0.4) is 0 Å². The molecule has 2 aromatic heterocycles. The molecule has 0 saturated heterocycles. The molecule has 0 atom stereocenters. The lowest BCUT2D eigenvalue weighted by molar-refractivity contribution is 0.0945. The van der Waals surface area contributed by atoms with Crippen molar-refractivity contribution in [3.8, 4) is 0 Å². The molecule has 2 rings (SSSR count). The van der Waals surface area contributed by atoms with E-state index in [2.05, 4.69) is 25.7 Å². The Labute approximate surface area is 98.8 Å². The summed E-state index contributed by atoms with van der Waals surface area (Å²) >= 11 is 6.55. The number of nitrogens with one attached hydrogen (secondary N) is 1. The van der Waals surface area contributed by atoms with Crippen LogP contribution >= 0.6 is 22.9 Å². The number of hydrogen-bond acceptors (Lipinski definition) is 7. The molecule has 0 unspecified atom stereocenters. The van der Waals surface area contributed by atoms with Gasteiger partial charge in [0.2, 0.25) is 15.4 Å². The van der Waals surface area contributed by atoms with Gasteiger partial charge in [-0.3, -0.25) is 4.79 Å². The molecule has 0 radical (unpaired) electrons. The summed E-state index contributed by atoms with van der Waals surface area (Å²) in [6.07, 6.45) is 0. The van der Waals surface area contributed by atoms with Gasteiger partial charge in [0.05, 0.1) is 6.54 Å². The first-order chi connectivity index (χ1) is 7.65. The number of carbonyl (C=O) groups is 1. The van der Waals surface area contributed by atoms with Crippen molar-refractivity contribution < 1.29 is 9.32 Å². The Morgan fingerprint density at radius 1 is 1.56 bits per heavy atom. The zero-order valence-corrected chi connectivity index (χ0v) is 9.67. The first kappa shape index (κ1) is 11.0. The highest BCUT2D eigenvalue weighted by molar-refractivity contribution is 7.17. The van der Waals surface area contributed by atoms with E-state index in [1.807, 2.05) is 0 Å². The highest BCUT2D eigenvalue weighted by atomic mass is 35.5. The quantitative estimate of drug-likeness (QED) is 0.877. The number of aromatic nitrogens is 4. The summed E-state index contributed by atoms with van der Waals surface area (Å²) < 4.78 is 5.04. The summed E-state index contributed by atoms with van der Waals surface area (Å²) in [6, 6.07) is 0. The lowest BCUT2D eigenvalue weighted by Gasteiger charge is -1.96. The normalized spacial score (nSPS) is 10.4. The van der Waals surface area contributed by atoms with Crippen molar-refractivity contribution >= 4 is 28.8 Å². The summed E-state index contributed by atoms with van der Waals surface area (Å²) in [5.41, 5.74) is 0. The molecule has 0 spiro atoms. The van der Waals surface area contributed by atoms with E-state index in [1.165, 1.54) is 0 Å². The molecule has 2 heterocycles. The maximum absolute atomic E-state index is 11.5. The molecule has 1 amide bonds. The van der Waals surface area contributed by atoms with Crippen molar-refractivity contribution in [3.63, 3.8) is 0 Å². The van der Waals surface area contributed by atoms with E-state index in [1.54, 1.807) is 6.92 Å². The molecule has 0 aliphatic carbocycles. The van der Waals surface area contributed by atoms with E-state index < -0.39 is 0 Å². The van der Waals surface area contributed by atoms with Crippen LogP contribution in [0.2, 0.25) is 4.47 Å². The van der Waals surface area contributed by atoms with Gasteiger partial charge < -0.3 is 9.84 Å². The van der Waals surface area contributed by atoms with Crippen LogP contribution in [0.4, 0.5) is 0 Å². The zero-order chi connectivity index (χ0) is 11.5. The van der Waals surface area contributed by atoms with Gasteiger partial charge in [-0.05, 0) is 18.5 Å². The Morgan fingerprint density at radius 2 is 2.38 bits per heavy atom. The van der Waals surface area contributed by atoms with Gasteiger partial charge in [0.25, 0.3) is 5.91 Å². The summed E-state index contributed by atoms with van der Waals surface area (Å²) in [6.45, 7) is 1.84. The smallest absolute Gasteiger partial charge is 0.282 e. The van der Waals surface area contributed by atoms with Crippen LogP contribution in [-0.2, 0) is 6.54 Å². The summed E-state index contributed by atoms with van der Waals surface area (Å²) in [5, 5.41) is 13.4. The average Bonchev–Trinajstić information content (AvgIpc) is 2.84. The lowest BCUT2D eigenvalue weighted by atomic mass is 10.5. The van der Waals surface area contributed by atoms with Crippen LogP contribution < -0.4 is 5.32 Å². The van der Waals surface area contributed by atoms with Crippen LogP contribution in [-0.4, -0.2) is 26.2 Å². The SMILES string of the molecule is Cc1noc(CNC(=O)c2nnc(Cl)s2)n1. The predicted octanol–water partition coefficient (Wildman–Crippen LogP) is 0.813. The maximum Gasteiger partial charge on any atom is 0.282 e. The third-order valence-electron chi connectivity index (χ3n) is 1.56. The molecule has 7 nitrogen and oxygen atoms in total. The van der Waals surface area contributed by atoms with Crippen molar-refractivity contribution in [2.24, 2.45) is 0 Å². The minimum Gasteiger partial charge on any atom is -0.341 e. The maximum atomic E-state index is 11.5. The Morgan fingerprint density at radius 3 is 2.94 bits per heavy atom. The van der Waals surface area contributed by atoms with Crippen molar-refractivity contribution in [2.75, 3.05) is 0 Å². The van der Waals surface area contributed by atoms with Gasteiger partial charge in [-0.25, -0.2) is 0 Å². The van der Waals surface area contributed by atoms with Gasteiger partial charge >= 0.3 is 0 Å². The lowest BCUT2D eigenvalue weighted by Crippen LogP contribution is -2.22. The van der Waals surface area contributed by atoms with Gasteiger partial charge in [-0.1, -0.05) is 16.5 Å². The van der Waals surface area contributed by atoms with Crippen molar-refractivity contribution in [2.45, 2.75) is 13.5 Å². The van der Waals surface area contributed by atoms with Gasteiger partial charge in [0, 0.05) is 0 Å². The molecule has 1 N–H and O–H groups in total. The Hall–Kier alpha value is -1.54. The van der Waals surface area contributed by atoms with Crippen molar-refractivity contribution in [3.05, 3.63) is 21.2 Å². The summed E-state index contributed by atoms with van der Waals surface area (Å²) in [7, 11) is 0. The van der Waals surface area contributed by atoms with Gasteiger partial charge in [0.15, 0.2) is 5.82 Å². The van der Waals surface area contributed by atoms with E-state index in [0.717, 1.165) is 11.3 Å². The van der Waals surface area contributed by atoms with E-state index in [9.17, 15) is 4.79 Å². The van der Waals surface area contributed by atoms with Crippen LogP contribution in [0.25, 0.3) is 0 Å². The van der Waals surface area contributed by atoms with E-state index in [-0.39, 0.29) is 21.9 Å². The minimum atomic E-state index is -0.375. The molecule has 0 aromatic carbocycles. The van der Waals surface area contributed by atoms with Crippen LogP contribution in [0, 0.1) is 6.92 Å². The molecule has 9 heteroatoms. The summed E-state index contributed by atoms with van der Waals surface area (Å²) in [5.74, 6) is 0.477. The third-order valence-corrected chi connectivity index (χ3v) is 2.58. The number of nitrogens with zero attached hydrogens (tertiary/aromatic N) is 4. The van der Waals surface area contributed by atoms with Crippen LogP contribution in [0.5, 0.6) is 0 Å². The zero-order valence-electron chi connectivity index (χ0n) is 8.10. The molecular weight excluding hydrogens is 254 g/mol. The van der Waals surface area contributed by atoms with Gasteiger partial charge in [-0.2, -0.15) is 4.98 Å². The number of aryl methyl sites for hydroxylation is 1. The number of amides is 1. The molecular formula is C7H6ClN5O2S. The van der Waals surface area contributed by atoms with Gasteiger partial charge in [0.1, 0.15) is 0 Å². The number of rotatable bonds is 3. The number of hydrogen-bond donors (Lipinski definition) is 1. The first-order valence-corrected chi connectivity index (χ1v) is 5.41. The highest BCUT2D eigenvalue weighted by Crippen LogP contribution is 2.14. The van der Waals surface area contributed by atoms with E-state index in [0.29, 0.717) is 11.7 Å². The second-order valence-electron chi connectivity index (χ2n) is 2.78. The van der Waals surface area contributed by atoms with Crippen molar-refractivity contribution in [1.29, 1.82) is 0 Å².